The Morgan fingerprint density at radius 3 is 3.00 bits per heavy atom. The molecule has 0 unspecified atom stereocenters. The Labute approximate surface area is 96.8 Å². The van der Waals surface area contributed by atoms with Gasteiger partial charge in [0.1, 0.15) is 5.75 Å². The maximum atomic E-state index is 5.18. The number of benzene rings is 1. The maximum absolute atomic E-state index is 5.18. The molecule has 0 aliphatic heterocycles. The zero-order chi connectivity index (χ0) is 10.7. The average Bonchev–Trinajstić information content (AvgIpc) is 2.74. The monoisotopic (exact) mass is 266 g/mol. The van der Waals surface area contributed by atoms with E-state index >= 15 is 0 Å². The fourth-order valence-corrected chi connectivity index (χ4v) is 1.75. The number of hydrogen-bond acceptors (Lipinski definition) is 2. The molecule has 0 fully saturated rings. The Kier molecular flexibility index (Phi) is 3.06. The third-order valence-corrected chi connectivity index (χ3v) is 2.94. The van der Waals surface area contributed by atoms with Crippen molar-refractivity contribution in [3.63, 3.8) is 0 Å². The lowest BCUT2D eigenvalue weighted by Crippen LogP contribution is -1.98. The van der Waals surface area contributed by atoms with Gasteiger partial charge in [0.25, 0.3) is 0 Å². The van der Waals surface area contributed by atoms with Crippen LogP contribution in [-0.4, -0.2) is 16.7 Å². The normalized spacial score (nSPS) is 10.3. The number of hydrogen-bond donors (Lipinski definition) is 0. The number of nitrogens with zero attached hydrogens (tertiary/aromatic N) is 2. The van der Waals surface area contributed by atoms with Crippen LogP contribution in [0, 0.1) is 0 Å². The lowest BCUT2D eigenvalue weighted by molar-refractivity contribution is 0.414. The van der Waals surface area contributed by atoms with Gasteiger partial charge in [0.15, 0.2) is 0 Å². The van der Waals surface area contributed by atoms with Gasteiger partial charge in [0, 0.05) is 23.4 Å². The predicted molar refractivity (Wildman–Crippen MR) is 62.0 cm³/mol. The number of imidazole rings is 1. The number of halogens is 1. The first kappa shape index (κ1) is 10.2. The molecule has 0 bridgehead atoms. The number of ether oxygens (including phenoxy) is 1. The van der Waals surface area contributed by atoms with E-state index in [9.17, 15) is 0 Å². The second-order valence-electron chi connectivity index (χ2n) is 3.19. The SMILES string of the molecule is COc1ccc(Br)c(Cn2ccnc2)c1. The Balaban J connectivity index is 2.27. The quantitative estimate of drug-likeness (QED) is 0.854. The molecule has 3 nitrogen and oxygen atoms in total. The minimum Gasteiger partial charge on any atom is -0.497 e. The Bertz CT molecular complexity index is 440. The summed E-state index contributed by atoms with van der Waals surface area (Å²) in [6, 6.07) is 5.94. The van der Waals surface area contributed by atoms with Crippen LogP contribution in [0.2, 0.25) is 0 Å². The summed E-state index contributed by atoms with van der Waals surface area (Å²) in [7, 11) is 1.67. The molecule has 78 valence electrons. The van der Waals surface area contributed by atoms with Crippen molar-refractivity contribution >= 4 is 15.9 Å². The standard InChI is InChI=1S/C11H11BrN2O/c1-15-10-2-3-11(12)9(6-10)7-14-5-4-13-8-14/h2-6,8H,7H2,1H3. The minimum atomic E-state index is 0.789. The first-order valence-electron chi connectivity index (χ1n) is 4.58. The molecule has 0 atom stereocenters. The summed E-state index contributed by atoms with van der Waals surface area (Å²) in [5, 5.41) is 0. The van der Waals surface area contributed by atoms with E-state index in [0.29, 0.717) is 0 Å². The summed E-state index contributed by atoms with van der Waals surface area (Å²) >= 11 is 3.52. The third-order valence-electron chi connectivity index (χ3n) is 2.16. The minimum absolute atomic E-state index is 0.789. The molecule has 4 heteroatoms. The maximum Gasteiger partial charge on any atom is 0.119 e. The van der Waals surface area contributed by atoms with E-state index in [0.717, 1.165) is 16.8 Å². The topological polar surface area (TPSA) is 27.1 Å². The molecule has 0 spiro atoms. The van der Waals surface area contributed by atoms with Crippen LogP contribution >= 0.6 is 15.9 Å². The molecule has 0 N–H and O–H groups in total. The highest BCUT2D eigenvalue weighted by Gasteiger charge is 2.02. The summed E-state index contributed by atoms with van der Waals surface area (Å²) in [5.74, 6) is 0.869. The molecule has 0 amide bonds. The molecule has 0 saturated heterocycles. The van der Waals surface area contributed by atoms with Gasteiger partial charge in [-0.3, -0.25) is 0 Å². The third kappa shape index (κ3) is 2.39. The van der Waals surface area contributed by atoms with Gasteiger partial charge in [-0.25, -0.2) is 4.98 Å². The van der Waals surface area contributed by atoms with E-state index in [2.05, 4.69) is 20.9 Å². The Hall–Kier alpha value is -1.29. The van der Waals surface area contributed by atoms with Crippen molar-refractivity contribution in [1.29, 1.82) is 0 Å². The largest absolute Gasteiger partial charge is 0.497 e. The van der Waals surface area contributed by atoms with Gasteiger partial charge in [0.05, 0.1) is 13.4 Å². The molecule has 2 rings (SSSR count). The average molecular weight is 267 g/mol. The van der Waals surface area contributed by atoms with Gasteiger partial charge in [-0.1, -0.05) is 15.9 Å². The van der Waals surface area contributed by atoms with E-state index in [1.807, 2.05) is 29.0 Å². The first-order valence-corrected chi connectivity index (χ1v) is 5.37. The second-order valence-corrected chi connectivity index (χ2v) is 4.05. The molecule has 0 aliphatic carbocycles. The number of rotatable bonds is 3. The molecule has 1 heterocycles. The zero-order valence-electron chi connectivity index (χ0n) is 8.35. The highest BCUT2D eigenvalue weighted by Crippen LogP contribution is 2.23. The first-order chi connectivity index (χ1) is 7.29. The van der Waals surface area contributed by atoms with Gasteiger partial charge in [0.2, 0.25) is 0 Å². The van der Waals surface area contributed by atoms with E-state index in [1.54, 1.807) is 19.6 Å². The molecule has 1 aromatic carbocycles. The van der Waals surface area contributed by atoms with E-state index in [1.165, 1.54) is 5.56 Å². The molecular weight excluding hydrogens is 256 g/mol. The van der Waals surface area contributed by atoms with Crippen LogP contribution in [0.1, 0.15) is 5.56 Å². The van der Waals surface area contributed by atoms with Crippen LogP contribution in [0.4, 0.5) is 0 Å². The summed E-state index contributed by atoms with van der Waals surface area (Å²) < 4.78 is 8.28. The van der Waals surface area contributed by atoms with Gasteiger partial charge in [-0.05, 0) is 23.8 Å². The van der Waals surface area contributed by atoms with Crippen molar-refractivity contribution < 1.29 is 4.74 Å². The van der Waals surface area contributed by atoms with Crippen molar-refractivity contribution in [1.82, 2.24) is 9.55 Å². The molecule has 1 aromatic heterocycles. The van der Waals surface area contributed by atoms with Crippen LogP contribution in [0.3, 0.4) is 0 Å². The highest BCUT2D eigenvalue weighted by molar-refractivity contribution is 9.10. The van der Waals surface area contributed by atoms with Gasteiger partial charge in [-0.15, -0.1) is 0 Å². The van der Waals surface area contributed by atoms with Crippen LogP contribution in [-0.2, 0) is 6.54 Å². The number of methoxy groups -OCH3 is 1. The second kappa shape index (κ2) is 4.49. The lowest BCUT2D eigenvalue weighted by Gasteiger charge is -2.07. The summed E-state index contributed by atoms with van der Waals surface area (Å²) in [6.07, 6.45) is 5.51. The summed E-state index contributed by atoms with van der Waals surface area (Å²) in [4.78, 5) is 4.01. The Morgan fingerprint density at radius 1 is 1.47 bits per heavy atom. The van der Waals surface area contributed by atoms with E-state index in [4.69, 9.17) is 4.74 Å². The summed E-state index contributed by atoms with van der Waals surface area (Å²) in [5.41, 5.74) is 1.17. The van der Waals surface area contributed by atoms with Crippen LogP contribution < -0.4 is 4.74 Å². The van der Waals surface area contributed by atoms with Crippen molar-refractivity contribution in [2.24, 2.45) is 0 Å². The van der Waals surface area contributed by atoms with Crippen molar-refractivity contribution in [3.8, 4) is 5.75 Å². The zero-order valence-corrected chi connectivity index (χ0v) is 9.94. The van der Waals surface area contributed by atoms with E-state index < -0.39 is 0 Å². The molecular formula is C11H11BrN2O. The summed E-state index contributed by atoms with van der Waals surface area (Å²) in [6.45, 7) is 0.789. The van der Waals surface area contributed by atoms with Crippen molar-refractivity contribution in [2.75, 3.05) is 7.11 Å². The molecule has 0 aliphatic rings. The van der Waals surface area contributed by atoms with Gasteiger partial charge < -0.3 is 9.30 Å². The van der Waals surface area contributed by atoms with Crippen molar-refractivity contribution in [2.45, 2.75) is 6.54 Å². The lowest BCUT2D eigenvalue weighted by atomic mass is 10.2. The fraction of sp³-hybridized carbons (Fsp3) is 0.182. The van der Waals surface area contributed by atoms with Crippen LogP contribution in [0.25, 0.3) is 0 Å². The van der Waals surface area contributed by atoms with Gasteiger partial charge >= 0.3 is 0 Å². The van der Waals surface area contributed by atoms with Crippen LogP contribution in [0.15, 0.2) is 41.4 Å². The molecule has 2 aromatic rings. The smallest absolute Gasteiger partial charge is 0.119 e. The highest BCUT2D eigenvalue weighted by atomic mass is 79.9. The van der Waals surface area contributed by atoms with Crippen LogP contribution in [0.5, 0.6) is 5.75 Å². The fourth-order valence-electron chi connectivity index (χ4n) is 1.38. The molecule has 15 heavy (non-hydrogen) atoms. The predicted octanol–water partition coefficient (Wildman–Crippen LogP) is 2.70. The molecule has 0 radical (unpaired) electrons. The van der Waals surface area contributed by atoms with Gasteiger partial charge in [-0.2, -0.15) is 0 Å². The molecule has 0 saturated carbocycles. The van der Waals surface area contributed by atoms with E-state index in [-0.39, 0.29) is 0 Å². The number of aromatic nitrogens is 2. The Morgan fingerprint density at radius 2 is 2.33 bits per heavy atom. The van der Waals surface area contributed by atoms with Crippen molar-refractivity contribution in [3.05, 3.63) is 47.0 Å².